The van der Waals surface area contributed by atoms with Gasteiger partial charge in [0, 0.05) is 12.6 Å². The fourth-order valence-corrected chi connectivity index (χ4v) is 3.00. The molecule has 5 heteroatoms. The maximum absolute atomic E-state index is 12.3. The van der Waals surface area contributed by atoms with Gasteiger partial charge in [-0.25, -0.2) is 0 Å². The van der Waals surface area contributed by atoms with Gasteiger partial charge in [-0.05, 0) is 56.2 Å². The number of methoxy groups -OCH3 is 1. The van der Waals surface area contributed by atoms with E-state index in [4.69, 9.17) is 9.47 Å². The van der Waals surface area contributed by atoms with Gasteiger partial charge in [0.15, 0.2) is 11.5 Å². The van der Waals surface area contributed by atoms with Crippen LogP contribution in [-0.2, 0) is 11.3 Å². The van der Waals surface area contributed by atoms with Crippen molar-refractivity contribution >= 4 is 5.91 Å². The normalized spacial score (nSPS) is 20.4. The summed E-state index contributed by atoms with van der Waals surface area (Å²) in [4.78, 5) is 12.3. The predicted molar refractivity (Wildman–Crippen MR) is 100 cm³/mol. The van der Waals surface area contributed by atoms with E-state index in [1.54, 1.807) is 7.11 Å². The summed E-state index contributed by atoms with van der Waals surface area (Å²) in [6, 6.07) is 6.16. The number of ether oxygens (including phenoxy) is 2. The van der Waals surface area contributed by atoms with Gasteiger partial charge >= 0.3 is 0 Å². The lowest BCUT2D eigenvalue weighted by atomic mass is 9.99. The highest BCUT2D eigenvalue weighted by Gasteiger charge is 2.23. The lowest BCUT2D eigenvalue weighted by molar-refractivity contribution is -0.124. The van der Waals surface area contributed by atoms with Crippen molar-refractivity contribution in [1.82, 2.24) is 10.6 Å². The van der Waals surface area contributed by atoms with Crippen LogP contribution in [0.15, 0.2) is 18.2 Å². The number of amides is 1. The first-order chi connectivity index (χ1) is 12.0. The molecule has 2 N–H and O–H groups in total. The Hall–Kier alpha value is -1.75. The van der Waals surface area contributed by atoms with Crippen molar-refractivity contribution in [2.75, 3.05) is 13.7 Å². The number of piperidine rings is 1. The molecule has 2 atom stereocenters. The van der Waals surface area contributed by atoms with Gasteiger partial charge in [0.05, 0.1) is 19.8 Å². The lowest BCUT2D eigenvalue weighted by Gasteiger charge is -2.27. The number of hydrogen-bond donors (Lipinski definition) is 2. The summed E-state index contributed by atoms with van der Waals surface area (Å²) in [5, 5.41) is 6.38. The largest absolute Gasteiger partial charge is 0.493 e. The summed E-state index contributed by atoms with van der Waals surface area (Å²) in [6.07, 6.45) is 4.15. The first kappa shape index (κ1) is 19.6. The SMILES string of the molecule is COc1cc(CNC(=O)C2CCCC(C)N2)ccc1OCCC(C)C. The van der Waals surface area contributed by atoms with Crippen LogP contribution in [-0.4, -0.2) is 31.7 Å². The van der Waals surface area contributed by atoms with Crippen LogP contribution in [0.25, 0.3) is 0 Å². The van der Waals surface area contributed by atoms with Crippen molar-refractivity contribution in [3.05, 3.63) is 23.8 Å². The third-order valence-corrected chi connectivity index (χ3v) is 4.58. The average Bonchev–Trinajstić information content (AvgIpc) is 2.60. The van der Waals surface area contributed by atoms with Crippen molar-refractivity contribution < 1.29 is 14.3 Å². The van der Waals surface area contributed by atoms with E-state index in [0.717, 1.165) is 37.0 Å². The van der Waals surface area contributed by atoms with Crippen LogP contribution >= 0.6 is 0 Å². The van der Waals surface area contributed by atoms with Crippen molar-refractivity contribution in [2.24, 2.45) is 5.92 Å². The molecular formula is C20H32N2O3. The first-order valence-corrected chi connectivity index (χ1v) is 9.33. The van der Waals surface area contributed by atoms with E-state index in [1.165, 1.54) is 0 Å². The fourth-order valence-electron chi connectivity index (χ4n) is 3.00. The van der Waals surface area contributed by atoms with Gasteiger partial charge in [-0.15, -0.1) is 0 Å². The van der Waals surface area contributed by atoms with Crippen LogP contribution in [0.1, 0.15) is 52.0 Å². The molecule has 0 saturated carbocycles. The Morgan fingerprint density at radius 3 is 2.80 bits per heavy atom. The molecule has 0 spiro atoms. The van der Waals surface area contributed by atoms with Crippen LogP contribution < -0.4 is 20.1 Å². The first-order valence-electron chi connectivity index (χ1n) is 9.33. The average molecular weight is 348 g/mol. The van der Waals surface area contributed by atoms with Gasteiger partial charge in [-0.3, -0.25) is 4.79 Å². The Balaban J connectivity index is 1.88. The molecule has 140 valence electrons. The van der Waals surface area contributed by atoms with Gasteiger partial charge in [0.2, 0.25) is 5.91 Å². The van der Waals surface area contributed by atoms with Gasteiger partial charge < -0.3 is 20.1 Å². The maximum Gasteiger partial charge on any atom is 0.237 e. The minimum absolute atomic E-state index is 0.0720. The molecule has 2 rings (SSSR count). The molecule has 1 aliphatic rings. The van der Waals surface area contributed by atoms with E-state index < -0.39 is 0 Å². The smallest absolute Gasteiger partial charge is 0.237 e. The highest BCUT2D eigenvalue weighted by Crippen LogP contribution is 2.28. The summed E-state index contributed by atoms with van der Waals surface area (Å²) in [7, 11) is 1.64. The van der Waals surface area contributed by atoms with Gasteiger partial charge in [0.1, 0.15) is 0 Å². The fraction of sp³-hybridized carbons (Fsp3) is 0.650. The zero-order valence-corrected chi connectivity index (χ0v) is 15.9. The van der Waals surface area contributed by atoms with Gasteiger partial charge in [-0.1, -0.05) is 19.9 Å². The maximum atomic E-state index is 12.3. The number of hydrogen-bond acceptors (Lipinski definition) is 4. The molecule has 2 unspecified atom stereocenters. The number of nitrogens with one attached hydrogen (secondary N) is 2. The van der Waals surface area contributed by atoms with Crippen LogP contribution in [0.5, 0.6) is 11.5 Å². The predicted octanol–water partition coefficient (Wildman–Crippen LogP) is 3.27. The second kappa shape index (κ2) is 9.66. The third-order valence-electron chi connectivity index (χ3n) is 4.58. The summed E-state index contributed by atoms with van der Waals surface area (Å²) in [6.45, 7) is 7.65. The van der Waals surface area contributed by atoms with E-state index in [0.29, 0.717) is 30.9 Å². The molecule has 0 aliphatic carbocycles. The molecule has 1 fully saturated rings. The minimum Gasteiger partial charge on any atom is -0.493 e. The molecule has 0 radical (unpaired) electrons. The third kappa shape index (κ3) is 6.24. The number of rotatable bonds is 8. The Bertz CT molecular complexity index is 560. The number of carbonyl (C=O) groups is 1. The standard InChI is InChI=1S/C20H32N2O3/c1-14(2)10-11-25-18-9-8-16(12-19(18)24-4)13-21-20(23)17-7-5-6-15(3)22-17/h8-9,12,14-15,17,22H,5-7,10-11,13H2,1-4H3,(H,21,23). The van der Waals surface area contributed by atoms with Crippen LogP contribution in [0.3, 0.4) is 0 Å². The minimum atomic E-state index is -0.0794. The molecule has 0 aromatic heterocycles. The molecule has 1 amide bonds. The van der Waals surface area contributed by atoms with Crippen molar-refractivity contribution in [1.29, 1.82) is 0 Å². The topological polar surface area (TPSA) is 59.6 Å². The molecule has 5 nitrogen and oxygen atoms in total. The molecule has 25 heavy (non-hydrogen) atoms. The molecule has 1 heterocycles. The zero-order chi connectivity index (χ0) is 18.2. The molecular weight excluding hydrogens is 316 g/mol. The number of benzene rings is 1. The summed E-state index contributed by atoms with van der Waals surface area (Å²) in [5.41, 5.74) is 1.00. The Morgan fingerprint density at radius 1 is 1.32 bits per heavy atom. The highest BCUT2D eigenvalue weighted by atomic mass is 16.5. The van der Waals surface area contributed by atoms with Crippen LogP contribution in [0.4, 0.5) is 0 Å². The molecule has 1 aromatic rings. The molecule has 0 bridgehead atoms. The van der Waals surface area contributed by atoms with Crippen molar-refractivity contribution in [3.63, 3.8) is 0 Å². The summed E-state index contributed by atoms with van der Waals surface area (Å²) in [5.74, 6) is 2.14. The van der Waals surface area contributed by atoms with E-state index in [2.05, 4.69) is 31.4 Å². The van der Waals surface area contributed by atoms with Crippen molar-refractivity contribution in [3.8, 4) is 11.5 Å². The quantitative estimate of drug-likeness (QED) is 0.757. The molecule has 1 saturated heterocycles. The molecule has 1 aliphatic heterocycles. The van der Waals surface area contributed by atoms with Crippen LogP contribution in [0.2, 0.25) is 0 Å². The molecule has 1 aromatic carbocycles. The van der Waals surface area contributed by atoms with E-state index >= 15 is 0 Å². The van der Waals surface area contributed by atoms with E-state index in [-0.39, 0.29) is 11.9 Å². The summed E-state index contributed by atoms with van der Waals surface area (Å²) < 4.78 is 11.2. The highest BCUT2D eigenvalue weighted by molar-refractivity contribution is 5.81. The second-order valence-electron chi connectivity index (χ2n) is 7.29. The van der Waals surface area contributed by atoms with E-state index in [9.17, 15) is 4.79 Å². The van der Waals surface area contributed by atoms with Crippen LogP contribution in [0, 0.1) is 5.92 Å². The monoisotopic (exact) mass is 348 g/mol. The Labute approximate surface area is 151 Å². The second-order valence-corrected chi connectivity index (χ2v) is 7.29. The lowest BCUT2D eigenvalue weighted by Crippen LogP contribution is -2.49. The summed E-state index contributed by atoms with van der Waals surface area (Å²) >= 11 is 0. The Morgan fingerprint density at radius 2 is 2.12 bits per heavy atom. The Kier molecular flexibility index (Phi) is 7.56. The van der Waals surface area contributed by atoms with E-state index in [1.807, 2.05) is 18.2 Å². The number of carbonyl (C=O) groups excluding carboxylic acids is 1. The van der Waals surface area contributed by atoms with Gasteiger partial charge in [-0.2, -0.15) is 0 Å². The van der Waals surface area contributed by atoms with Gasteiger partial charge in [0.25, 0.3) is 0 Å². The van der Waals surface area contributed by atoms with Crippen molar-refractivity contribution in [2.45, 2.75) is 65.1 Å². The zero-order valence-electron chi connectivity index (χ0n) is 15.9.